The van der Waals surface area contributed by atoms with E-state index in [9.17, 15) is 9.65 Å². The average molecular weight is 479 g/mol. The highest BCUT2D eigenvalue weighted by atomic mass is 19.1. The van der Waals surface area contributed by atoms with Crippen LogP contribution in [0.25, 0.3) is 0 Å². The number of anilines is 2. The molecule has 4 heterocycles. The van der Waals surface area contributed by atoms with E-state index in [-0.39, 0.29) is 5.54 Å². The predicted molar refractivity (Wildman–Crippen MR) is 129 cm³/mol. The van der Waals surface area contributed by atoms with E-state index in [2.05, 4.69) is 21.3 Å². The Hall–Kier alpha value is -2.96. The standard InChI is InChI=1S/C26H31FN6O2/c1-30-23-19-14-35-26(8-2-4-16-5-6-20(29)18(12-28)22(16)26)11-21(19)31-24(32-23)34-15-25-7-3-9-33(25)13-17(27)10-25/h5-6,17H,2-4,7-11,13-15,29H2,1H3,(H,30,31,32). The first-order valence-electron chi connectivity index (χ1n) is 12.5. The van der Waals surface area contributed by atoms with E-state index in [0.717, 1.165) is 61.0 Å². The van der Waals surface area contributed by atoms with E-state index in [0.29, 0.717) is 55.7 Å². The van der Waals surface area contributed by atoms with Crippen LogP contribution in [0.5, 0.6) is 6.01 Å². The summed E-state index contributed by atoms with van der Waals surface area (Å²) in [5.41, 5.74) is 10.1. The van der Waals surface area contributed by atoms with Crippen molar-refractivity contribution in [3.05, 3.63) is 40.1 Å². The molecule has 2 saturated heterocycles. The Labute approximate surface area is 204 Å². The molecular weight excluding hydrogens is 447 g/mol. The van der Waals surface area contributed by atoms with E-state index in [1.807, 2.05) is 19.2 Å². The van der Waals surface area contributed by atoms with Gasteiger partial charge in [0.1, 0.15) is 30.3 Å². The van der Waals surface area contributed by atoms with Gasteiger partial charge in [0.2, 0.25) is 0 Å². The number of nitrogen functional groups attached to an aromatic ring is 1. The summed E-state index contributed by atoms with van der Waals surface area (Å²) in [6, 6.07) is 6.46. The van der Waals surface area contributed by atoms with Crippen LogP contribution >= 0.6 is 0 Å². The van der Waals surface area contributed by atoms with Gasteiger partial charge in [0, 0.05) is 43.2 Å². The Morgan fingerprint density at radius 1 is 1.34 bits per heavy atom. The van der Waals surface area contributed by atoms with Crippen LogP contribution in [-0.2, 0) is 29.8 Å². The molecule has 1 aromatic carbocycles. The van der Waals surface area contributed by atoms with Crippen molar-refractivity contribution >= 4 is 11.5 Å². The Morgan fingerprint density at radius 3 is 3.06 bits per heavy atom. The zero-order valence-corrected chi connectivity index (χ0v) is 20.1. The van der Waals surface area contributed by atoms with Crippen molar-refractivity contribution < 1.29 is 13.9 Å². The number of hydrogen-bond donors (Lipinski definition) is 2. The summed E-state index contributed by atoms with van der Waals surface area (Å²) in [5, 5.41) is 13.1. The molecule has 3 atom stereocenters. The van der Waals surface area contributed by atoms with Gasteiger partial charge >= 0.3 is 6.01 Å². The van der Waals surface area contributed by atoms with Crippen LogP contribution in [-0.4, -0.2) is 53.3 Å². The van der Waals surface area contributed by atoms with Crippen LogP contribution in [0.4, 0.5) is 15.9 Å². The average Bonchev–Trinajstić information content (AvgIpc) is 3.38. The van der Waals surface area contributed by atoms with Gasteiger partial charge in [-0.15, -0.1) is 0 Å². The van der Waals surface area contributed by atoms with Gasteiger partial charge in [-0.25, -0.2) is 4.39 Å². The zero-order valence-electron chi connectivity index (χ0n) is 20.1. The fourth-order valence-electron chi connectivity index (χ4n) is 6.78. The van der Waals surface area contributed by atoms with Crippen molar-refractivity contribution in [1.29, 1.82) is 5.26 Å². The van der Waals surface area contributed by atoms with Gasteiger partial charge in [0.15, 0.2) is 0 Å². The molecule has 6 rings (SSSR count). The lowest BCUT2D eigenvalue weighted by Gasteiger charge is -2.43. The number of hydrogen-bond acceptors (Lipinski definition) is 8. The normalized spacial score (nSPS) is 29.3. The predicted octanol–water partition coefficient (Wildman–Crippen LogP) is 3.23. The number of alkyl halides is 1. The molecule has 1 spiro atoms. The second-order valence-corrected chi connectivity index (χ2v) is 10.4. The third-order valence-electron chi connectivity index (χ3n) is 8.40. The minimum Gasteiger partial charge on any atom is -0.461 e. The topological polar surface area (TPSA) is 109 Å². The molecule has 3 aliphatic heterocycles. The van der Waals surface area contributed by atoms with Crippen LogP contribution in [0.3, 0.4) is 0 Å². The molecule has 0 amide bonds. The van der Waals surface area contributed by atoms with E-state index in [1.165, 1.54) is 0 Å². The Bertz CT molecular complexity index is 1220. The first-order valence-corrected chi connectivity index (χ1v) is 12.5. The van der Waals surface area contributed by atoms with Gasteiger partial charge in [-0.3, -0.25) is 4.90 Å². The lowest BCUT2D eigenvalue weighted by Crippen LogP contribution is -2.43. The van der Waals surface area contributed by atoms with Crippen LogP contribution in [0.1, 0.15) is 60.1 Å². The third-order valence-corrected chi connectivity index (χ3v) is 8.40. The second kappa shape index (κ2) is 8.32. The monoisotopic (exact) mass is 478 g/mol. The Balaban J connectivity index is 1.34. The van der Waals surface area contributed by atoms with Gasteiger partial charge in [0.05, 0.1) is 23.4 Å². The number of fused-ring (bicyclic) bond motifs is 4. The number of nitrogens with one attached hydrogen (secondary N) is 1. The van der Waals surface area contributed by atoms with Crippen molar-refractivity contribution in [1.82, 2.24) is 14.9 Å². The molecule has 1 aromatic heterocycles. The summed E-state index contributed by atoms with van der Waals surface area (Å²) < 4.78 is 26.9. The Morgan fingerprint density at radius 2 is 2.23 bits per heavy atom. The third kappa shape index (κ3) is 3.54. The van der Waals surface area contributed by atoms with E-state index >= 15 is 0 Å². The van der Waals surface area contributed by atoms with Crippen molar-refractivity contribution in [2.24, 2.45) is 0 Å². The number of ether oxygens (including phenoxy) is 2. The molecule has 3 unspecified atom stereocenters. The first-order chi connectivity index (χ1) is 17.0. The van der Waals surface area contributed by atoms with Crippen LogP contribution in [0, 0.1) is 11.3 Å². The summed E-state index contributed by atoms with van der Waals surface area (Å²) in [7, 11) is 1.82. The SMILES string of the molecule is CNc1nc(OCC23CCCN2CC(F)C3)nc2c1COC1(CCCc3ccc(N)c(C#N)c31)C2. The number of nitrogens with two attached hydrogens (primary N) is 1. The molecule has 35 heavy (non-hydrogen) atoms. The van der Waals surface area contributed by atoms with Gasteiger partial charge in [-0.1, -0.05) is 6.07 Å². The van der Waals surface area contributed by atoms with Crippen LogP contribution in [0.15, 0.2) is 12.1 Å². The fourth-order valence-corrected chi connectivity index (χ4v) is 6.78. The number of aromatic nitrogens is 2. The maximum atomic E-state index is 14.2. The molecule has 0 radical (unpaired) electrons. The van der Waals surface area contributed by atoms with Crippen molar-refractivity contribution in [2.75, 3.05) is 37.8 Å². The van der Waals surface area contributed by atoms with Crippen molar-refractivity contribution in [3.8, 4) is 12.1 Å². The van der Waals surface area contributed by atoms with E-state index < -0.39 is 11.8 Å². The molecule has 1 aliphatic carbocycles. The van der Waals surface area contributed by atoms with Gasteiger partial charge < -0.3 is 20.5 Å². The maximum Gasteiger partial charge on any atom is 0.318 e. The summed E-state index contributed by atoms with van der Waals surface area (Å²) in [5.74, 6) is 0.680. The Kier molecular flexibility index (Phi) is 5.35. The molecule has 8 nitrogen and oxygen atoms in total. The molecule has 4 aliphatic rings. The highest BCUT2D eigenvalue weighted by molar-refractivity contribution is 5.63. The molecule has 2 fully saturated rings. The summed E-state index contributed by atoms with van der Waals surface area (Å²) in [4.78, 5) is 11.7. The zero-order chi connectivity index (χ0) is 24.2. The second-order valence-electron chi connectivity index (χ2n) is 10.4. The fraction of sp³-hybridized carbons (Fsp3) is 0.577. The smallest absolute Gasteiger partial charge is 0.318 e. The van der Waals surface area contributed by atoms with Gasteiger partial charge in [0.25, 0.3) is 0 Å². The lowest BCUT2D eigenvalue weighted by molar-refractivity contribution is -0.0856. The first kappa shape index (κ1) is 22.5. The summed E-state index contributed by atoms with van der Waals surface area (Å²) in [6.45, 7) is 2.13. The maximum absolute atomic E-state index is 14.2. The molecular formula is C26H31FN6O2. The molecule has 0 saturated carbocycles. The highest BCUT2D eigenvalue weighted by Crippen LogP contribution is 2.48. The summed E-state index contributed by atoms with van der Waals surface area (Å²) in [6.07, 6.45) is 4.87. The molecule has 3 N–H and O–H groups in total. The van der Waals surface area contributed by atoms with Gasteiger partial charge in [-0.2, -0.15) is 15.2 Å². The molecule has 9 heteroatoms. The largest absolute Gasteiger partial charge is 0.461 e. The van der Waals surface area contributed by atoms with Gasteiger partial charge in [-0.05, 0) is 50.3 Å². The highest BCUT2D eigenvalue weighted by Gasteiger charge is 2.50. The van der Waals surface area contributed by atoms with Crippen LogP contribution < -0.4 is 15.8 Å². The lowest BCUT2D eigenvalue weighted by atomic mass is 9.72. The number of nitrogens with zero attached hydrogens (tertiary/aromatic N) is 4. The minimum atomic E-state index is -0.804. The van der Waals surface area contributed by atoms with Crippen molar-refractivity contribution in [3.63, 3.8) is 0 Å². The van der Waals surface area contributed by atoms with Crippen LogP contribution in [0.2, 0.25) is 0 Å². The quantitative estimate of drug-likeness (QED) is 0.645. The minimum absolute atomic E-state index is 0.260. The number of halogens is 1. The molecule has 0 bridgehead atoms. The van der Waals surface area contributed by atoms with E-state index in [4.69, 9.17) is 20.2 Å². The number of nitriles is 1. The molecule has 184 valence electrons. The number of benzene rings is 1. The molecule has 2 aromatic rings. The number of rotatable bonds is 4. The number of aryl methyl sites for hydroxylation is 1. The van der Waals surface area contributed by atoms with E-state index in [1.54, 1.807) is 0 Å². The van der Waals surface area contributed by atoms with Crippen molar-refractivity contribution in [2.45, 2.75) is 68.9 Å². The summed E-state index contributed by atoms with van der Waals surface area (Å²) >= 11 is 0.